The highest BCUT2D eigenvalue weighted by atomic mass is 32.2. The normalized spacial score (nSPS) is 15.0. The number of carbonyl (C=O) groups is 1. The molecule has 0 radical (unpaired) electrons. The zero-order chi connectivity index (χ0) is 19.4. The molecule has 3 rings (SSSR count). The molecule has 1 saturated heterocycles. The molecule has 0 spiro atoms. The summed E-state index contributed by atoms with van der Waals surface area (Å²) in [6.45, 7) is 2.96. The Hall–Kier alpha value is -2.32. The van der Waals surface area contributed by atoms with E-state index in [9.17, 15) is 13.2 Å². The van der Waals surface area contributed by atoms with E-state index < -0.39 is 15.9 Å². The molecule has 2 heterocycles. The predicted octanol–water partition coefficient (Wildman–Crippen LogP) is 2.35. The first-order valence-corrected chi connectivity index (χ1v) is 10.4. The molecule has 1 aliphatic heterocycles. The maximum absolute atomic E-state index is 12.7. The lowest BCUT2D eigenvalue weighted by molar-refractivity contribution is 0.0925. The fourth-order valence-corrected chi connectivity index (χ4v) is 4.89. The van der Waals surface area contributed by atoms with Crippen molar-refractivity contribution in [2.45, 2.75) is 31.1 Å². The van der Waals surface area contributed by atoms with Gasteiger partial charge < -0.3 is 14.5 Å². The van der Waals surface area contributed by atoms with Gasteiger partial charge in [0.2, 0.25) is 10.0 Å². The zero-order valence-electron chi connectivity index (χ0n) is 15.5. The summed E-state index contributed by atoms with van der Waals surface area (Å²) >= 11 is 0. The summed E-state index contributed by atoms with van der Waals surface area (Å²) in [5, 5.41) is 2.76. The second kappa shape index (κ2) is 8.14. The van der Waals surface area contributed by atoms with Crippen LogP contribution < -0.4 is 10.1 Å². The molecule has 146 valence electrons. The Kier molecular flexibility index (Phi) is 5.86. The number of aryl methyl sites for hydroxylation is 1. The predicted molar refractivity (Wildman–Crippen MR) is 100 cm³/mol. The number of para-hydroxylation sites is 1. The summed E-state index contributed by atoms with van der Waals surface area (Å²) in [5.41, 5.74) is 0.980. The van der Waals surface area contributed by atoms with Gasteiger partial charge in [0.25, 0.3) is 5.91 Å². The number of hydrogen-bond acceptors (Lipinski definition) is 5. The average molecular weight is 392 g/mol. The van der Waals surface area contributed by atoms with Crippen molar-refractivity contribution >= 4 is 15.9 Å². The van der Waals surface area contributed by atoms with Gasteiger partial charge in [0.1, 0.15) is 16.4 Å². The molecule has 1 N–H and O–H groups in total. The molecule has 27 heavy (non-hydrogen) atoms. The fourth-order valence-electron chi connectivity index (χ4n) is 3.21. The molecule has 0 atom stereocenters. The van der Waals surface area contributed by atoms with Gasteiger partial charge in [-0.15, -0.1) is 0 Å². The lowest BCUT2D eigenvalue weighted by Crippen LogP contribution is -2.28. The Morgan fingerprint density at radius 2 is 1.96 bits per heavy atom. The van der Waals surface area contributed by atoms with Crippen molar-refractivity contribution in [3.8, 4) is 5.75 Å². The van der Waals surface area contributed by atoms with Crippen LogP contribution in [0, 0.1) is 6.92 Å². The van der Waals surface area contributed by atoms with Crippen molar-refractivity contribution in [1.29, 1.82) is 0 Å². The van der Waals surface area contributed by atoms with Crippen LogP contribution in [0.1, 0.15) is 34.7 Å². The Bertz CT molecular complexity index is 914. The Labute approximate surface area is 159 Å². The maximum atomic E-state index is 12.7. The van der Waals surface area contributed by atoms with Crippen LogP contribution in [0.4, 0.5) is 0 Å². The van der Waals surface area contributed by atoms with Crippen LogP contribution in [0.15, 0.2) is 39.6 Å². The van der Waals surface area contributed by atoms with Gasteiger partial charge in [0, 0.05) is 25.7 Å². The van der Waals surface area contributed by atoms with E-state index in [-0.39, 0.29) is 16.4 Å². The van der Waals surface area contributed by atoms with E-state index in [1.54, 1.807) is 14.0 Å². The van der Waals surface area contributed by atoms with E-state index in [0.29, 0.717) is 26.1 Å². The average Bonchev–Trinajstić information content (AvgIpc) is 3.32. The highest BCUT2D eigenvalue weighted by molar-refractivity contribution is 7.89. The fraction of sp³-hybridized carbons (Fsp3) is 0.421. The summed E-state index contributed by atoms with van der Waals surface area (Å²) in [5.74, 6) is 0.567. The van der Waals surface area contributed by atoms with Crippen LogP contribution in [0.3, 0.4) is 0 Å². The number of furan rings is 1. The highest BCUT2D eigenvalue weighted by Crippen LogP contribution is 2.26. The molecule has 0 saturated carbocycles. The molecular weight excluding hydrogens is 368 g/mol. The van der Waals surface area contributed by atoms with E-state index in [0.717, 1.165) is 24.2 Å². The van der Waals surface area contributed by atoms with Crippen molar-refractivity contribution in [2.24, 2.45) is 0 Å². The van der Waals surface area contributed by atoms with Gasteiger partial charge in [-0.2, -0.15) is 4.31 Å². The largest absolute Gasteiger partial charge is 0.496 e. The van der Waals surface area contributed by atoms with Crippen LogP contribution in [0.5, 0.6) is 5.75 Å². The lowest BCUT2D eigenvalue weighted by atomic mass is 10.1. The molecule has 1 amide bonds. The van der Waals surface area contributed by atoms with E-state index in [4.69, 9.17) is 9.15 Å². The Morgan fingerprint density at radius 3 is 2.67 bits per heavy atom. The Balaban J connectivity index is 1.66. The van der Waals surface area contributed by atoms with Crippen molar-refractivity contribution in [3.63, 3.8) is 0 Å². The second-order valence-corrected chi connectivity index (χ2v) is 8.37. The third-order valence-electron chi connectivity index (χ3n) is 4.65. The Morgan fingerprint density at radius 1 is 1.26 bits per heavy atom. The minimum Gasteiger partial charge on any atom is -0.496 e. The molecule has 0 unspecified atom stereocenters. The first-order valence-electron chi connectivity index (χ1n) is 8.94. The van der Waals surface area contributed by atoms with Gasteiger partial charge in [-0.3, -0.25) is 4.79 Å². The number of benzene rings is 1. The minimum atomic E-state index is -3.61. The molecular formula is C19H24N2O5S. The molecule has 1 aromatic heterocycles. The maximum Gasteiger partial charge on any atom is 0.287 e. The van der Waals surface area contributed by atoms with E-state index in [1.165, 1.54) is 10.4 Å². The van der Waals surface area contributed by atoms with Gasteiger partial charge >= 0.3 is 0 Å². The van der Waals surface area contributed by atoms with Crippen LogP contribution in [-0.2, 0) is 16.4 Å². The molecule has 0 bridgehead atoms. The summed E-state index contributed by atoms with van der Waals surface area (Å²) < 4.78 is 37.5. The molecule has 2 aromatic rings. The van der Waals surface area contributed by atoms with Crippen molar-refractivity contribution in [1.82, 2.24) is 9.62 Å². The first-order chi connectivity index (χ1) is 12.9. The van der Waals surface area contributed by atoms with Crippen LogP contribution in [-0.4, -0.2) is 45.4 Å². The van der Waals surface area contributed by atoms with Crippen molar-refractivity contribution in [2.75, 3.05) is 26.7 Å². The van der Waals surface area contributed by atoms with Gasteiger partial charge in [-0.25, -0.2) is 8.42 Å². The summed E-state index contributed by atoms with van der Waals surface area (Å²) in [4.78, 5) is 12.4. The smallest absolute Gasteiger partial charge is 0.287 e. The monoisotopic (exact) mass is 392 g/mol. The third-order valence-corrected chi connectivity index (χ3v) is 6.66. The number of methoxy groups -OCH3 is 1. The molecule has 1 aromatic carbocycles. The van der Waals surface area contributed by atoms with Crippen LogP contribution in [0.2, 0.25) is 0 Å². The van der Waals surface area contributed by atoms with E-state index in [1.807, 2.05) is 24.3 Å². The van der Waals surface area contributed by atoms with Gasteiger partial charge in [0.05, 0.1) is 7.11 Å². The first kappa shape index (κ1) is 19.4. The van der Waals surface area contributed by atoms with Crippen molar-refractivity contribution in [3.05, 3.63) is 47.4 Å². The van der Waals surface area contributed by atoms with Crippen LogP contribution >= 0.6 is 0 Å². The van der Waals surface area contributed by atoms with Gasteiger partial charge in [-0.1, -0.05) is 18.2 Å². The molecule has 8 heteroatoms. The zero-order valence-corrected chi connectivity index (χ0v) is 16.3. The SMILES string of the molecule is COc1ccccc1CCNC(=O)c1cc(S(=O)(=O)N2CCCC2)c(C)o1. The molecule has 1 aliphatic rings. The second-order valence-electron chi connectivity index (χ2n) is 6.46. The standard InChI is InChI=1S/C19H24N2O5S/c1-14-18(27(23,24)21-11-5-6-12-21)13-17(26-14)19(22)20-10-9-15-7-3-4-8-16(15)25-2/h3-4,7-8,13H,5-6,9-12H2,1-2H3,(H,20,22). The molecule has 0 aliphatic carbocycles. The topological polar surface area (TPSA) is 88.8 Å². The van der Waals surface area contributed by atoms with E-state index in [2.05, 4.69) is 5.32 Å². The number of sulfonamides is 1. The third kappa shape index (κ3) is 4.17. The number of ether oxygens (including phenoxy) is 1. The quantitative estimate of drug-likeness (QED) is 0.781. The van der Waals surface area contributed by atoms with Crippen LogP contribution in [0.25, 0.3) is 0 Å². The lowest BCUT2D eigenvalue weighted by Gasteiger charge is -2.14. The summed E-state index contributed by atoms with van der Waals surface area (Å²) in [6, 6.07) is 8.91. The summed E-state index contributed by atoms with van der Waals surface area (Å²) in [6.07, 6.45) is 2.30. The molecule has 7 nitrogen and oxygen atoms in total. The number of nitrogens with one attached hydrogen (secondary N) is 1. The summed E-state index contributed by atoms with van der Waals surface area (Å²) in [7, 11) is -2.01. The number of hydrogen-bond donors (Lipinski definition) is 1. The number of carbonyl (C=O) groups excluding carboxylic acids is 1. The van der Waals surface area contributed by atoms with Gasteiger partial charge in [0.15, 0.2) is 5.76 Å². The highest BCUT2D eigenvalue weighted by Gasteiger charge is 2.31. The van der Waals surface area contributed by atoms with Gasteiger partial charge in [-0.05, 0) is 37.8 Å². The van der Waals surface area contributed by atoms with E-state index >= 15 is 0 Å². The van der Waals surface area contributed by atoms with Crippen molar-refractivity contribution < 1.29 is 22.4 Å². The number of amides is 1. The number of nitrogens with zero attached hydrogens (tertiary/aromatic N) is 1. The molecule has 1 fully saturated rings. The minimum absolute atomic E-state index is 0.00491. The number of rotatable bonds is 7.